The van der Waals surface area contributed by atoms with E-state index in [1.165, 1.54) is 16.7 Å². The quantitative estimate of drug-likeness (QED) is 0.856. The van der Waals surface area contributed by atoms with Crippen molar-refractivity contribution in [3.8, 4) is 5.69 Å². The second-order valence-electron chi connectivity index (χ2n) is 4.39. The molecule has 1 aromatic heterocycles. The zero-order valence-electron chi connectivity index (χ0n) is 11.3. The van der Waals surface area contributed by atoms with Crippen LogP contribution in [0, 0.1) is 6.92 Å². The number of hydrogen-bond donors (Lipinski definition) is 1. The summed E-state index contributed by atoms with van der Waals surface area (Å²) in [5.41, 5.74) is 6.53. The van der Waals surface area contributed by atoms with E-state index in [9.17, 15) is 9.59 Å². The van der Waals surface area contributed by atoms with Crippen molar-refractivity contribution in [1.29, 1.82) is 0 Å². The van der Waals surface area contributed by atoms with Gasteiger partial charge in [-0.05, 0) is 19.1 Å². The molecular formula is C13H15N5O2. The normalized spacial score (nSPS) is 10.3. The van der Waals surface area contributed by atoms with E-state index in [-0.39, 0.29) is 18.1 Å². The molecule has 7 nitrogen and oxygen atoms in total. The van der Waals surface area contributed by atoms with Crippen LogP contribution in [0.25, 0.3) is 5.69 Å². The third-order valence-electron chi connectivity index (χ3n) is 2.71. The molecule has 0 atom stereocenters. The van der Waals surface area contributed by atoms with Crippen LogP contribution in [0.3, 0.4) is 0 Å². The summed E-state index contributed by atoms with van der Waals surface area (Å²) in [6.45, 7) is 1.54. The average molecular weight is 273 g/mol. The van der Waals surface area contributed by atoms with Gasteiger partial charge in [-0.2, -0.15) is 9.90 Å². The molecule has 2 rings (SSSR count). The Morgan fingerprint density at radius 3 is 2.50 bits per heavy atom. The Labute approximate surface area is 116 Å². The minimum atomic E-state index is -0.575. The smallest absolute Gasteiger partial charge is 0.276 e. The highest BCUT2D eigenvalue weighted by Gasteiger charge is 2.20. The van der Waals surface area contributed by atoms with E-state index in [0.717, 1.165) is 5.69 Å². The number of carbonyl (C=O) groups excluding carboxylic acids is 2. The summed E-state index contributed by atoms with van der Waals surface area (Å²) in [4.78, 5) is 25.6. The molecule has 0 aliphatic carbocycles. The number of benzene rings is 1. The van der Waals surface area contributed by atoms with Gasteiger partial charge in [-0.15, -0.1) is 5.10 Å². The number of likely N-dealkylation sites (N-methyl/N-ethyl adjacent to an activating group) is 1. The molecule has 0 unspecified atom stereocenters. The Morgan fingerprint density at radius 2 is 1.90 bits per heavy atom. The van der Waals surface area contributed by atoms with Crippen molar-refractivity contribution in [3.63, 3.8) is 0 Å². The van der Waals surface area contributed by atoms with Crippen molar-refractivity contribution in [3.05, 3.63) is 41.7 Å². The molecule has 2 N–H and O–H groups in total. The Kier molecular flexibility index (Phi) is 3.79. The maximum Gasteiger partial charge on any atom is 0.276 e. The van der Waals surface area contributed by atoms with Crippen molar-refractivity contribution < 1.29 is 9.59 Å². The van der Waals surface area contributed by atoms with E-state index in [1.54, 1.807) is 6.92 Å². The molecule has 0 saturated heterocycles. The topological polar surface area (TPSA) is 94.1 Å². The molecule has 0 saturated carbocycles. The first-order chi connectivity index (χ1) is 9.49. The van der Waals surface area contributed by atoms with Crippen LogP contribution < -0.4 is 5.73 Å². The fourth-order valence-electron chi connectivity index (χ4n) is 1.74. The molecule has 2 amide bonds. The maximum absolute atomic E-state index is 12.1. The number of hydrogen-bond acceptors (Lipinski definition) is 4. The average Bonchev–Trinajstić information content (AvgIpc) is 2.80. The van der Waals surface area contributed by atoms with Crippen molar-refractivity contribution >= 4 is 11.8 Å². The number of para-hydroxylation sites is 1. The molecule has 104 valence electrons. The second-order valence-corrected chi connectivity index (χ2v) is 4.39. The minimum absolute atomic E-state index is 0.156. The van der Waals surface area contributed by atoms with Gasteiger partial charge in [0.05, 0.1) is 17.9 Å². The van der Waals surface area contributed by atoms with Gasteiger partial charge in [0.2, 0.25) is 5.91 Å². The van der Waals surface area contributed by atoms with Gasteiger partial charge in [-0.25, -0.2) is 0 Å². The molecule has 0 radical (unpaired) electrons. The Morgan fingerprint density at radius 1 is 1.25 bits per heavy atom. The highest BCUT2D eigenvalue weighted by atomic mass is 16.2. The van der Waals surface area contributed by atoms with Gasteiger partial charge in [-0.1, -0.05) is 18.2 Å². The molecule has 0 aliphatic rings. The number of aryl methyl sites for hydroxylation is 1. The molecule has 2 aromatic rings. The van der Waals surface area contributed by atoms with Gasteiger partial charge in [-0.3, -0.25) is 9.59 Å². The van der Waals surface area contributed by atoms with E-state index in [4.69, 9.17) is 5.73 Å². The Balaban J connectivity index is 2.28. The summed E-state index contributed by atoms with van der Waals surface area (Å²) >= 11 is 0. The zero-order chi connectivity index (χ0) is 14.7. The predicted molar refractivity (Wildman–Crippen MR) is 72.3 cm³/mol. The van der Waals surface area contributed by atoms with Crippen molar-refractivity contribution in [2.75, 3.05) is 13.6 Å². The molecule has 1 heterocycles. The number of carbonyl (C=O) groups is 2. The number of primary amides is 1. The molecule has 1 aromatic carbocycles. The largest absolute Gasteiger partial charge is 0.368 e. The van der Waals surface area contributed by atoms with E-state index in [1.807, 2.05) is 30.3 Å². The predicted octanol–water partition coefficient (Wildman–Crippen LogP) is 0.133. The number of aromatic nitrogens is 3. The lowest BCUT2D eigenvalue weighted by molar-refractivity contribution is -0.118. The third kappa shape index (κ3) is 2.82. The number of nitrogens with two attached hydrogens (primary N) is 1. The Hall–Kier alpha value is -2.70. The van der Waals surface area contributed by atoms with Crippen LogP contribution in [-0.2, 0) is 4.79 Å². The Bertz CT molecular complexity index is 635. The zero-order valence-corrected chi connectivity index (χ0v) is 11.3. The monoisotopic (exact) mass is 273 g/mol. The fraction of sp³-hybridized carbons (Fsp3) is 0.231. The van der Waals surface area contributed by atoms with E-state index >= 15 is 0 Å². The summed E-state index contributed by atoms with van der Waals surface area (Å²) in [6.07, 6.45) is 0. The van der Waals surface area contributed by atoms with Crippen LogP contribution in [0.4, 0.5) is 0 Å². The molecule has 0 spiro atoms. The van der Waals surface area contributed by atoms with Crippen LogP contribution in [-0.4, -0.2) is 45.3 Å². The van der Waals surface area contributed by atoms with Crippen molar-refractivity contribution in [2.24, 2.45) is 5.73 Å². The summed E-state index contributed by atoms with van der Waals surface area (Å²) in [7, 11) is 1.49. The fourth-order valence-corrected chi connectivity index (χ4v) is 1.74. The summed E-state index contributed by atoms with van der Waals surface area (Å²) in [5, 5.41) is 8.38. The first-order valence-electron chi connectivity index (χ1n) is 6.02. The number of rotatable bonds is 4. The maximum atomic E-state index is 12.1. The van der Waals surface area contributed by atoms with E-state index in [0.29, 0.717) is 5.69 Å². The van der Waals surface area contributed by atoms with Gasteiger partial charge in [0, 0.05) is 7.05 Å². The lowest BCUT2D eigenvalue weighted by atomic mass is 10.3. The van der Waals surface area contributed by atoms with Crippen LogP contribution >= 0.6 is 0 Å². The first kappa shape index (κ1) is 13.7. The highest BCUT2D eigenvalue weighted by molar-refractivity contribution is 5.95. The van der Waals surface area contributed by atoms with Crippen LogP contribution in [0.5, 0.6) is 0 Å². The van der Waals surface area contributed by atoms with E-state index < -0.39 is 5.91 Å². The SMILES string of the molecule is Cc1nn(-c2ccccc2)nc1C(=O)N(C)CC(N)=O. The number of nitrogens with zero attached hydrogens (tertiary/aromatic N) is 4. The first-order valence-corrected chi connectivity index (χ1v) is 6.02. The minimum Gasteiger partial charge on any atom is -0.368 e. The van der Waals surface area contributed by atoms with Gasteiger partial charge in [0.1, 0.15) is 0 Å². The lowest BCUT2D eigenvalue weighted by Crippen LogP contribution is -2.35. The van der Waals surface area contributed by atoms with E-state index in [2.05, 4.69) is 10.2 Å². The van der Waals surface area contributed by atoms with Crippen molar-refractivity contribution in [2.45, 2.75) is 6.92 Å². The van der Waals surface area contributed by atoms with Crippen LogP contribution in [0.15, 0.2) is 30.3 Å². The standard InChI is InChI=1S/C13H15N5O2/c1-9-12(13(20)17(2)8-11(14)19)16-18(15-9)10-6-4-3-5-7-10/h3-7H,8H2,1-2H3,(H2,14,19). The molecule has 7 heteroatoms. The molecule has 0 bridgehead atoms. The van der Waals surface area contributed by atoms with Gasteiger partial charge in [0.15, 0.2) is 5.69 Å². The molecular weight excluding hydrogens is 258 g/mol. The molecule has 0 fully saturated rings. The summed E-state index contributed by atoms with van der Waals surface area (Å²) in [5.74, 6) is -0.961. The molecule has 0 aliphatic heterocycles. The summed E-state index contributed by atoms with van der Waals surface area (Å²) < 4.78 is 0. The number of amides is 2. The highest BCUT2D eigenvalue weighted by Crippen LogP contribution is 2.09. The van der Waals surface area contributed by atoms with Crippen LogP contribution in [0.1, 0.15) is 16.2 Å². The van der Waals surface area contributed by atoms with Crippen molar-refractivity contribution in [1.82, 2.24) is 19.9 Å². The lowest BCUT2D eigenvalue weighted by Gasteiger charge is -2.13. The van der Waals surface area contributed by atoms with Gasteiger partial charge >= 0.3 is 0 Å². The second kappa shape index (κ2) is 5.52. The van der Waals surface area contributed by atoms with Gasteiger partial charge < -0.3 is 10.6 Å². The summed E-state index contributed by atoms with van der Waals surface area (Å²) in [6, 6.07) is 9.26. The molecule has 20 heavy (non-hydrogen) atoms. The van der Waals surface area contributed by atoms with Gasteiger partial charge in [0.25, 0.3) is 5.91 Å². The van der Waals surface area contributed by atoms with Crippen LogP contribution in [0.2, 0.25) is 0 Å². The third-order valence-corrected chi connectivity index (χ3v) is 2.71.